The standard InChI is InChI=1S/C13H24N2O2/c1-3-5-7-9-13(17)15-11(8-6-4-2)10-12(14)16/h6,8,11H,3-5,7,9-10H2,1-2H3,(H2,14,16)(H,15,17)/b8-6-/t11-/m0/s1. The average molecular weight is 240 g/mol. The van der Waals surface area contributed by atoms with Crippen LogP contribution in [0.15, 0.2) is 12.2 Å². The van der Waals surface area contributed by atoms with Crippen molar-refractivity contribution in [2.75, 3.05) is 0 Å². The number of amides is 2. The third-order valence-electron chi connectivity index (χ3n) is 2.38. The molecule has 0 aliphatic carbocycles. The van der Waals surface area contributed by atoms with Crippen LogP contribution in [0.5, 0.6) is 0 Å². The first kappa shape index (κ1) is 15.7. The molecule has 0 saturated heterocycles. The lowest BCUT2D eigenvalue weighted by molar-refractivity contribution is -0.122. The number of rotatable bonds is 9. The first-order valence-electron chi connectivity index (χ1n) is 6.34. The summed E-state index contributed by atoms with van der Waals surface area (Å²) in [5.41, 5.74) is 5.14. The van der Waals surface area contributed by atoms with Gasteiger partial charge in [-0.1, -0.05) is 38.8 Å². The first-order valence-corrected chi connectivity index (χ1v) is 6.34. The Morgan fingerprint density at radius 2 is 2.00 bits per heavy atom. The Morgan fingerprint density at radius 1 is 1.29 bits per heavy atom. The maximum atomic E-state index is 11.6. The lowest BCUT2D eigenvalue weighted by Crippen LogP contribution is -2.36. The van der Waals surface area contributed by atoms with Crippen molar-refractivity contribution in [1.82, 2.24) is 5.32 Å². The number of nitrogens with one attached hydrogen (secondary N) is 1. The molecule has 2 amide bonds. The largest absolute Gasteiger partial charge is 0.370 e. The van der Waals surface area contributed by atoms with Crippen LogP contribution in [-0.4, -0.2) is 17.9 Å². The van der Waals surface area contributed by atoms with E-state index >= 15 is 0 Å². The molecule has 0 aliphatic heterocycles. The Morgan fingerprint density at radius 3 is 2.53 bits per heavy atom. The zero-order chi connectivity index (χ0) is 13.1. The highest BCUT2D eigenvalue weighted by atomic mass is 16.2. The molecule has 0 unspecified atom stereocenters. The smallest absolute Gasteiger partial charge is 0.220 e. The van der Waals surface area contributed by atoms with Gasteiger partial charge in [0.25, 0.3) is 0 Å². The molecule has 0 heterocycles. The van der Waals surface area contributed by atoms with Crippen molar-refractivity contribution in [2.45, 2.75) is 58.4 Å². The summed E-state index contributed by atoms with van der Waals surface area (Å²) in [5, 5.41) is 2.82. The summed E-state index contributed by atoms with van der Waals surface area (Å²) < 4.78 is 0. The topological polar surface area (TPSA) is 72.2 Å². The Balaban J connectivity index is 4.08. The van der Waals surface area contributed by atoms with Gasteiger partial charge in [-0.25, -0.2) is 0 Å². The quantitative estimate of drug-likeness (QED) is 0.477. The van der Waals surface area contributed by atoms with Crippen LogP contribution in [-0.2, 0) is 9.59 Å². The van der Waals surface area contributed by atoms with Gasteiger partial charge >= 0.3 is 0 Å². The molecule has 0 fully saturated rings. The van der Waals surface area contributed by atoms with Crippen molar-refractivity contribution in [3.8, 4) is 0 Å². The van der Waals surface area contributed by atoms with E-state index in [4.69, 9.17) is 5.73 Å². The van der Waals surface area contributed by atoms with E-state index in [0.29, 0.717) is 6.42 Å². The third kappa shape index (κ3) is 9.60. The fourth-order valence-electron chi connectivity index (χ4n) is 1.50. The second-order valence-electron chi connectivity index (χ2n) is 4.14. The molecule has 0 aromatic heterocycles. The summed E-state index contributed by atoms with van der Waals surface area (Å²) in [5.74, 6) is -0.407. The summed E-state index contributed by atoms with van der Waals surface area (Å²) in [6.07, 6.45) is 8.36. The van der Waals surface area contributed by atoms with E-state index in [-0.39, 0.29) is 18.4 Å². The number of unbranched alkanes of at least 4 members (excludes halogenated alkanes) is 2. The number of allylic oxidation sites excluding steroid dienone is 1. The van der Waals surface area contributed by atoms with E-state index in [2.05, 4.69) is 12.2 Å². The summed E-state index contributed by atoms with van der Waals surface area (Å²) in [6.45, 7) is 4.10. The van der Waals surface area contributed by atoms with E-state index in [1.54, 1.807) is 0 Å². The van der Waals surface area contributed by atoms with Gasteiger partial charge in [0.1, 0.15) is 0 Å². The van der Waals surface area contributed by atoms with E-state index in [1.165, 1.54) is 0 Å². The first-order chi connectivity index (χ1) is 8.10. The number of hydrogen-bond donors (Lipinski definition) is 2. The highest BCUT2D eigenvalue weighted by Gasteiger charge is 2.11. The molecule has 0 rings (SSSR count). The number of carbonyl (C=O) groups is 2. The maximum absolute atomic E-state index is 11.6. The molecule has 0 aromatic carbocycles. The van der Waals surface area contributed by atoms with Crippen LogP contribution in [0.2, 0.25) is 0 Å². The van der Waals surface area contributed by atoms with Gasteiger partial charge in [-0.05, 0) is 12.8 Å². The van der Waals surface area contributed by atoms with Gasteiger partial charge in [0, 0.05) is 6.42 Å². The van der Waals surface area contributed by atoms with Gasteiger partial charge < -0.3 is 11.1 Å². The Bertz CT molecular complexity index is 262. The Hall–Kier alpha value is -1.32. The fraction of sp³-hybridized carbons (Fsp3) is 0.692. The summed E-state index contributed by atoms with van der Waals surface area (Å²) in [6, 6.07) is -0.262. The molecule has 17 heavy (non-hydrogen) atoms. The molecule has 0 aliphatic rings. The van der Waals surface area contributed by atoms with E-state index in [0.717, 1.165) is 25.7 Å². The molecule has 0 bridgehead atoms. The molecule has 3 N–H and O–H groups in total. The minimum atomic E-state index is -0.399. The molecular weight excluding hydrogens is 216 g/mol. The predicted octanol–water partition coefficient (Wildman–Crippen LogP) is 1.89. The van der Waals surface area contributed by atoms with Crippen molar-refractivity contribution < 1.29 is 9.59 Å². The zero-order valence-electron chi connectivity index (χ0n) is 10.9. The second-order valence-corrected chi connectivity index (χ2v) is 4.14. The van der Waals surface area contributed by atoms with E-state index < -0.39 is 5.91 Å². The van der Waals surface area contributed by atoms with Crippen LogP contribution in [0.4, 0.5) is 0 Å². The van der Waals surface area contributed by atoms with E-state index in [9.17, 15) is 9.59 Å². The van der Waals surface area contributed by atoms with Crippen molar-refractivity contribution in [2.24, 2.45) is 5.73 Å². The normalized spacial score (nSPS) is 12.6. The minimum absolute atomic E-state index is 0.00884. The molecule has 1 atom stereocenters. The van der Waals surface area contributed by atoms with Crippen molar-refractivity contribution >= 4 is 11.8 Å². The van der Waals surface area contributed by atoms with Crippen LogP contribution in [0.25, 0.3) is 0 Å². The lowest BCUT2D eigenvalue weighted by Gasteiger charge is -2.13. The van der Waals surface area contributed by atoms with Crippen molar-refractivity contribution in [1.29, 1.82) is 0 Å². The molecular formula is C13H24N2O2. The number of primary amides is 1. The molecule has 4 heteroatoms. The number of carbonyl (C=O) groups excluding carboxylic acids is 2. The van der Waals surface area contributed by atoms with Crippen LogP contribution >= 0.6 is 0 Å². The highest BCUT2D eigenvalue weighted by molar-refractivity contribution is 5.79. The van der Waals surface area contributed by atoms with Crippen molar-refractivity contribution in [3.05, 3.63) is 12.2 Å². The predicted molar refractivity (Wildman–Crippen MR) is 69.3 cm³/mol. The van der Waals surface area contributed by atoms with Gasteiger partial charge in [-0.3, -0.25) is 9.59 Å². The average Bonchev–Trinajstić information content (AvgIpc) is 2.25. The molecule has 0 spiro atoms. The highest BCUT2D eigenvalue weighted by Crippen LogP contribution is 2.01. The van der Waals surface area contributed by atoms with Crippen LogP contribution in [0.1, 0.15) is 52.4 Å². The van der Waals surface area contributed by atoms with Gasteiger partial charge in [0.2, 0.25) is 11.8 Å². The Labute approximate surface area is 104 Å². The van der Waals surface area contributed by atoms with Gasteiger partial charge in [-0.15, -0.1) is 0 Å². The van der Waals surface area contributed by atoms with Gasteiger partial charge in [0.05, 0.1) is 12.5 Å². The maximum Gasteiger partial charge on any atom is 0.220 e. The molecule has 0 saturated carbocycles. The number of hydrogen-bond acceptors (Lipinski definition) is 2. The third-order valence-corrected chi connectivity index (χ3v) is 2.38. The lowest BCUT2D eigenvalue weighted by atomic mass is 10.1. The minimum Gasteiger partial charge on any atom is -0.370 e. The van der Waals surface area contributed by atoms with Gasteiger partial charge in [-0.2, -0.15) is 0 Å². The van der Waals surface area contributed by atoms with Gasteiger partial charge in [0.15, 0.2) is 0 Å². The monoisotopic (exact) mass is 240 g/mol. The van der Waals surface area contributed by atoms with Crippen LogP contribution < -0.4 is 11.1 Å². The Kier molecular flexibility index (Phi) is 9.11. The van der Waals surface area contributed by atoms with Crippen molar-refractivity contribution in [3.63, 3.8) is 0 Å². The summed E-state index contributed by atoms with van der Waals surface area (Å²) in [4.78, 5) is 22.4. The zero-order valence-corrected chi connectivity index (χ0v) is 10.9. The van der Waals surface area contributed by atoms with Crippen LogP contribution in [0.3, 0.4) is 0 Å². The van der Waals surface area contributed by atoms with E-state index in [1.807, 2.05) is 19.1 Å². The SMILES string of the molecule is CC/C=C\[C@@H](CC(N)=O)NC(=O)CCCCC. The summed E-state index contributed by atoms with van der Waals surface area (Å²) in [7, 11) is 0. The van der Waals surface area contributed by atoms with Crippen LogP contribution in [0, 0.1) is 0 Å². The molecule has 98 valence electrons. The molecule has 0 aromatic rings. The summed E-state index contributed by atoms with van der Waals surface area (Å²) >= 11 is 0. The number of nitrogens with two attached hydrogens (primary N) is 1. The molecule has 4 nitrogen and oxygen atoms in total. The molecule has 0 radical (unpaired) electrons. The second kappa shape index (κ2) is 9.87. The fourth-order valence-corrected chi connectivity index (χ4v) is 1.50.